The SMILES string of the molecule is CNC(=O)c1c(-c2ccc(Oc3cccc(F)c3)cc2)oc2cc(N(CCO)S(C)(=O)=O)c(OC(C)C)cc12. The normalized spacial score (nSPS) is 11.6. The number of ether oxygens (including phenoxy) is 2. The van der Waals surface area contributed by atoms with Gasteiger partial charge in [-0.2, -0.15) is 0 Å². The molecular formula is C28H29FN2O7S. The number of furan rings is 1. The van der Waals surface area contributed by atoms with Crippen LogP contribution in [0.15, 0.2) is 65.1 Å². The summed E-state index contributed by atoms with van der Waals surface area (Å²) in [7, 11) is -2.29. The van der Waals surface area contributed by atoms with E-state index in [9.17, 15) is 22.7 Å². The molecule has 1 amide bonds. The molecule has 0 saturated carbocycles. The Balaban J connectivity index is 1.85. The number of anilines is 1. The first-order chi connectivity index (χ1) is 18.5. The number of benzene rings is 3. The Hall–Kier alpha value is -4.09. The highest BCUT2D eigenvalue weighted by atomic mass is 32.2. The van der Waals surface area contributed by atoms with E-state index in [-0.39, 0.29) is 41.0 Å². The molecule has 9 nitrogen and oxygen atoms in total. The van der Waals surface area contributed by atoms with Gasteiger partial charge in [-0.1, -0.05) is 6.07 Å². The van der Waals surface area contributed by atoms with Gasteiger partial charge in [-0.05, 0) is 56.3 Å². The van der Waals surface area contributed by atoms with Crippen LogP contribution in [0.4, 0.5) is 10.1 Å². The van der Waals surface area contributed by atoms with Gasteiger partial charge < -0.3 is 24.3 Å². The largest absolute Gasteiger partial charge is 0.489 e. The quantitative estimate of drug-likeness (QED) is 0.284. The number of nitrogens with zero attached hydrogens (tertiary/aromatic N) is 1. The lowest BCUT2D eigenvalue weighted by atomic mass is 10.0. The van der Waals surface area contributed by atoms with E-state index in [2.05, 4.69) is 5.32 Å². The van der Waals surface area contributed by atoms with Crippen molar-refractivity contribution in [3.8, 4) is 28.6 Å². The van der Waals surface area contributed by atoms with E-state index in [1.54, 1.807) is 56.3 Å². The molecule has 0 radical (unpaired) electrons. The third-order valence-electron chi connectivity index (χ3n) is 5.71. The number of amides is 1. The molecule has 3 aromatic carbocycles. The zero-order valence-corrected chi connectivity index (χ0v) is 22.7. The summed E-state index contributed by atoms with van der Waals surface area (Å²) in [5.74, 6) is 0.415. The highest BCUT2D eigenvalue weighted by molar-refractivity contribution is 7.92. The number of aliphatic hydroxyl groups excluding tert-OH is 1. The molecule has 2 N–H and O–H groups in total. The van der Waals surface area contributed by atoms with Crippen LogP contribution in [0.25, 0.3) is 22.3 Å². The molecule has 1 heterocycles. The lowest BCUT2D eigenvalue weighted by Gasteiger charge is -2.25. The van der Waals surface area contributed by atoms with Crippen molar-refractivity contribution >= 4 is 32.6 Å². The first-order valence-electron chi connectivity index (χ1n) is 12.1. The van der Waals surface area contributed by atoms with E-state index in [4.69, 9.17) is 13.9 Å². The van der Waals surface area contributed by atoms with Gasteiger partial charge in [-0.25, -0.2) is 12.8 Å². The molecule has 39 heavy (non-hydrogen) atoms. The second kappa shape index (κ2) is 11.3. The van der Waals surface area contributed by atoms with E-state index in [1.165, 1.54) is 25.2 Å². The summed E-state index contributed by atoms with van der Waals surface area (Å²) < 4.78 is 57.4. The van der Waals surface area contributed by atoms with Gasteiger partial charge in [0, 0.05) is 30.1 Å². The van der Waals surface area contributed by atoms with E-state index < -0.39 is 28.4 Å². The van der Waals surface area contributed by atoms with Crippen molar-refractivity contribution in [2.75, 3.05) is 30.8 Å². The van der Waals surface area contributed by atoms with Gasteiger partial charge in [0.05, 0.1) is 36.8 Å². The Kier molecular flexibility index (Phi) is 8.12. The molecule has 0 fully saturated rings. The average Bonchev–Trinajstić information content (AvgIpc) is 3.24. The van der Waals surface area contributed by atoms with E-state index in [0.717, 1.165) is 10.6 Å². The number of carbonyl (C=O) groups excluding carboxylic acids is 1. The van der Waals surface area contributed by atoms with Crippen LogP contribution in [-0.4, -0.2) is 52.0 Å². The van der Waals surface area contributed by atoms with Crippen LogP contribution in [0.2, 0.25) is 0 Å². The Morgan fingerprint density at radius 2 is 1.82 bits per heavy atom. The fourth-order valence-corrected chi connectivity index (χ4v) is 5.02. The molecule has 4 rings (SSSR count). The van der Waals surface area contributed by atoms with Gasteiger partial charge in [0.15, 0.2) is 0 Å². The van der Waals surface area contributed by atoms with Crippen LogP contribution in [0.5, 0.6) is 17.2 Å². The molecule has 0 aliphatic carbocycles. The van der Waals surface area contributed by atoms with E-state index in [1.807, 2.05) is 0 Å². The highest BCUT2D eigenvalue weighted by Crippen LogP contribution is 2.41. The first-order valence-corrected chi connectivity index (χ1v) is 14.0. The smallest absolute Gasteiger partial charge is 0.255 e. The summed E-state index contributed by atoms with van der Waals surface area (Å²) in [4.78, 5) is 13.0. The number of carbonyl (C=O) groups is 1. The van der Waals surface area contributed by atoms with Gasteiger partial charge in [-0.3, -0.25) is 9.10 Å². The molecule has 0 aliphatic heterocycles. The number of sulfonamides is 1. The fourth-order valence-electron chi connectivity index (χ4n) is 4.11. The number of nitrogens with one attached hydrogen (secondary N) is 1. The van der Waals surface area contributed by atoms with Crippen LogP contribution in [0.3, 0.4) is 0 Å². The topological polar surface area (TPSA) is 118 Å². The molecule has 1 aromatic heterocycles. The minimum atomic E-state index is -3.78. The van der Waals surface area contributed by atoms with Crippen LogP contribution < -0.4 is 19.1 Å². The van der Waals surface area contributed by atoms with E-state index >= 15 is 0 Å². The van der Waals surface area contributed by atoms with Crippen LogP contribution >= 0.6 is 0 Å². The zero-order chi connectivity index (χ0) is 28.3. The maximum atomic E-state index is 13.5. The Morgan fingerprint density at radius 3 is 2.41 bits per heavy atom. The molecule has 4 aromatic rings. The summed E-state index contributed by atoms with van der Waals surface area (Å²) in [5, 5.41) is 12.6. The predicted molar refractivity (Wildman–Crippen MR) is 147 cm³/mol. The molecule has 0 spiro atoms. The molecule has 0 saturated heterocycles. The Bertz CT molecular complexity index is 1600. The second-order valence-corrected chi connectivity index (χ2v) is 10.9. The number of hydrogen-bond acceptors (Lipinski definition) is 7. The third-order valence-corrected chi connectivity index (χ3v) is 6.89. The summed E-state index contributed by atoms with van der Waals surface area (Å²) in [5.41, 5.74) is 1.22. The first kappa shape index (κ1) is 27.9. The zero-order valence-electron chi connectivity index (χ0n) is 21.9. The summed E-state index contributed by atoms with van der Waals surface area (Å²) >= 11 is 0. The molecule has 11 heteroatoms. The molecule has 0 atom stereocenters. The van der Waals surface area contributed by atoms with Crippen molar-refractivity contribution in [3.05, 3.63) is 72.0 Å². The van der Waals surface area contributed by atoms with Crippen molar-refractivity contribution in [3.63, 3.8) is 0 Å². The molecule has 0 bridgehead atoms. The predicted octanol–water partition coefficient (Wildman–Crippen LogP) is 4.94. The van der Waals surface area contributed by atoms with Gasteiger partial charge in [-0.15, -0.1) is 0 Å². The van der Waals surface area contributed by atoms with Crippen LogP contribution in [0, 0.1) is 5.82 Å². The summed E-state index contributed by atoms with van der Waals surface area (Å²) in [6.45, 7) is 2.97. The lowest BCUT2D eigenvalue weighted by molar-refractivity contribution is 0.0964. The average molecular weight is 557 g/mol. The maximum Gasteiger partial charge on any atom is 0.255 e. The molecular weight excluding hydrogens is 527 g/mol. The molecule has 206 valence electrons. The van der Waals surface area contributed by atoms with Crippen molar-refractivity contribution < 1.29 is 36.6 Å². The Labute approximate surface area is 225 Å². The monoisotopic (exact) mass is 556 g/mol. The van der Waals surface area contributed by atoms with Crippen LogP contribution in [0.1, 0.15) is 24.2 Å². The Morgan fingerprint density at radius 1 is 1.10 bits per heavy atom. The number of hydrogen-bond donors (Lipinski definition) is 2. The number of halogens is 1. The second-order valence-electron chi connectivity index (χ2n) is 9.01. The third kappa shape index (κ3) is 6.15. The van der Waals surface area contributed by atoms with E-state index in [0.29, 0.717) is 22.4 Å². The van der Waals surface area contributed by atoms with Gasteiger partial charge in [0.2, 0.25) is 10.0 Å². The summed E-state index contributed by atoms with van der Waals surface area (Å²) in [6, 6.07) is 15.5. The van der Waals surface area contributed by atoms with Gasteiger partial charge in [0.1, 0.15) is 34.4 Å². The summed E-state index contributed by atoms with van der Waals surface area (Å²) in [6.07, 6.45) is 0.723. The standard InChI is InChI=1S/C28H29FN2O7S/c1-17(2)36-25-15-22-24(16-23(25)31(12-13-32)39(4,34)35)38-27(26(22)28(33)30-3)18-8-10-20(11-9-18)37-21-7-5-6-19(29)14-21/h5-11,14-17,32H,12-13H2,1-4H3,(H,30,33). The molecule has 0 unspecified atom stereocenters. The highest BCUT2D eigenvalue weighted by Gasteiger charge is 2.27. The molecule has 0 aliphatic rings. The van der Waals surface area contributed by atoms with Crippen molar-refractivity contribution in [1.29, 1.82) is 0 Å². The minimum Gasteiger partial charge on any atom is -0.489 e. The van der Waals surface area contributed by atoms with Crippen molar-refractivity contribution in [2.45, 2.75) is 20.0 Å². The number of fused-ring (bicyclic) bond motifs is 1. The minimum absolute atomic E-state index is 0.176. The maximum absolute atomic E-state index is 13.5. The lowest BCUT2D eigenvalue weighted by Crippen LogP contribution is -2.33. The fraction of sp³-hybridized carbons (Fsp3) is 0.250. The number of aliphatic hydroxyl groups is 1. The van der Waals surface area contributed by atoms with Gasteiger partial charge >= 0.3 is 0 Å². The van der Waals surface area contributed by atoms with Crippen LogP contribution in [-0.2, 0) is 10.0 Å². The van der Waals surface area contributed by atoms with Gasteiger partial charge in [0.25, 0.3) is 5.91 Å². The van der Waals surface area contributed by atoms with Crippen molar-refractivity contribution in [2.24, 2.45) is 0 Å². The van der Waals surface area contributed by atoms with Crippen molar-refractivity contribution in [1.82, 2.24) is 5.32 Å². The number of rotatable bonds is 10.